The maximum Gasteiger partial charge on any atom is 0.224 e. The van der Waals surface area contributed by atoms with E-state index in [0.717, 1.165) is 5.69 Å². The van der Waals surface area contributed by atoms with Gasteiger partial charge >= 0.3 is 0 Å². The van der Waals surface area contributed by atoms with E-state index < -0.39 is 9.84 Å². The molecule has 0 bridgehead atoms. The highest BCUT2D eigenvalue weighted by Crippen LogP contribution is 2.18. The molecule has 1 aliphatic rings. The molecule has 1 saturated heterocycles. The third kappa shape index (κ3) is 5.52. The van der Waals surface area contributed by atoms with Crippen molar-refractivity contribution in [3.8, 4) is 0 Å². The fourth-order valence-electron chi connectivity index (χ4n) is 3.07. The topological polar surface area (TPSA) is 87.7 Å². The molecule has 0 saturated carbocycles. The Balaban J connectivity index is 1.94. The SMILES string of the molecule is CCN(C(=O)CCN(Cc1ccccn1)C(C)=O)C1CCS(=O)(=O)C1. The number of amides is 2. The van der Waals surface area contributed by atoms with Gasteiger partial charge in [-0.3, -0.25) is 14.6 Å². The van der Waals surface area contributed by atoms with Crippen molar-refractivity contribution in [3.05, 3.63) is 30.1 Å². The summed E-state index contributed by atoms with van der Waals surface area (Å²) in [4.78, 5) is 31.8. The van der Waals surface area contributed by atoms with Crippen LogP contribution < -0.4 is 0 Å². The highest BCUT2D eigenvalue weighted by molar-refractivity contribution is 7.91. The van der Waals surface area contributed by atoms with Gasteiger partial charge in [-0.05, 0) is 25.5 Å². The van der Waals surface area contributed by atoms with Gasteiger partial charge in [0.05, 0.1) is 23.7 Å². The van der Waals surface area contributed by atoms with Crippen LogP contribution in [0.3, 0.4) is 0 Å². The van der Waals surface area contributed by atoms with E-state index in [1.807, 2.05) is 19.1 Å². The van der Waals surface area contributed by atoms with E-state index >= 15 is 0 Å². The second-order valence-corrected chi connectivity index (χ2v) is 8.48. The standard InChI is InChI=1S/C17H25N3O4S/c1-3-20(16-8-11-25(23,24)13-16)17(22)7-10-19(14(2)21)12-15-6-4-5-9-18-15/h4-6,9,16H,3,7-8,10-13H2,1-2H3. The minimum Gasteiger partial charge on any atom is -0.339 e. The van der Waals surface area contributed by atoms with Crippen LogP contribution in [0.1, 0.15) is 32.4 Å². The minimum absolute atomic E-state index is 0.0386. The second kappa shape index (κ2) is 8.42. The van der Waals surface area contributed by atoms with E-state index in [4.69, 9.17) is 0 Å². The summed E-state index contributed by atoms with van der Waals surface area (Å²) >= 11 is 0. The smallest absolute Gasteiger partial charge is 0.224 e. The number of carbonyl (C=O) groups is 2. The number of hydrogen-bond acceptors (Lipinski definition) is 5. The van der Waals surface area contributed by atoms with Crippen LogP contribution in [-0.4, -0.2) is 65.7 Å². The molecule has 138 valence electrons. The van der Waals surface area contributed by atoms with Gasteiger partial charge in [-0.2, -0.15) is 0 Å². The van der Waals surface area contributed by atoms with Gasteiger partial charge in [0.15, 0.2) is 9.84 Å². The summed E-state index contributed by atoms with van der Waals surface area (Å²) in [6.07, 6.45) is 2.33. The van der Waals surface area contributed by atoms with Crippen LogP contribution >= 0.6 is 0 Å². The minimum atomic E-state index is -3.04. The number of carbonyl (C=O) groups excluding carboxylic acids is 2. The fourth-order valence-corrected chi connectivity index (χ4v) is 4.80. The number of aromatic nitrogens is 1. The number of pyridine rings is 1. The molecule has 1 aliphatic heterocycles. The van der Waals surface area contributed by atoms with E-state index in [-0.39, 0.29) is 35.8 Å². The normalized spacial score (nSPS) is 18.7. The third-order valence-corrected chi connectivity index (χ3v) is 6.18. The molecule has 8 heteroatoms. The highest BCUT2D eigenvalue weighted by Gasteiger charge is 2.33. The summed E-state index contributed by atoms with van der Waals surface area (Å²) in [5.41, 5.74) is 0.763. The molecule has 1 fully saturated rings. The number of nitrogens with zero attached hydrogens (tertiary/aromatic N) is 3. The Morgan fingerprint density at radius 1 is 1.32 bits per heavy atom. The Bertz CT molecular complexity index is 706. The number of hydrogen-bond donors (Lipinski definition) is 0. The van der Waals surface area contributed by atoms with E-state index in [1.54, 1.807) is 22.1 Å². The summed E-state index contributed by atoms with van der Waals surface area (Å²) < 4.78 is 23.3. The van der Waals surface area contributed by atoms with Crippen molar-refractivity contribution in [2.75, 3.05) is 24.6 Å². The lowest BCUT2D eigenvalue weighted by molar-refractivity contribution is -0.135. The zero-order valence-corrected chi connectivity index (χ0v) is 15.5. The molecule has 2 heterocycles. The summed E-state index contributed by atoms with van der Waals surface area (Å²) in [6.45, 7) is 4.43. The maximum absolute atomic E-state index is 12.5. The van der Waals surface area contributed by atoms with Gasteiger partial charge in [-0.25, -0.2) is 8.42 Å². The van der Waals surface area contributed by atoms with Gasteiger partial charge in [0.25, 0.3) is 0 Å². The molecule has 2 rings (SSSR count). The molecule has 0 aromatic carbocycles. The maximum atomic E-state index is 12.5. The lowest BCUT2D eigenvalue weighted by Gasteiger charge is -2.28. The largest absolute Gasteiger partial charge is 0.339 e. The fraction of sp³-hybridized carbons (Fsp3) is 0.588. The van der Waals surface area contributed by atoms with E-state index in [9.17, 15) is 18.0 Å². The summed E-state index contributed by atoms with van der Waals surface area (Å²) in [5, 5.41) is 0. The zero-order valence-electron chi connectivity index (χ0n) is 14.7. The van der Waals surface area contributed by atoms with Gasteiger partial charge in [0, 0.05) is 38.7 Å². The van der Waals surface area contributed by atoms with Gasteiger partial charge in [-0.15, -0.1) is 0 Å². The molecule has 2 amide bonds. The predicted molar refractivity (Wildman–Crippen MR) is 94.4 cm³/mol. The molecule has 25 heavy (non-hydrogen) atoms. The molecule has 0 spiro atoms. The first-order valence-electron chi connectivity index (χ1n) is 8.47. The van der Waals surface area contributed by atoms with Crippen LogP contribution in [0.25, 0.3) is 0 Å². The Hall–Kier alpha value is -1.96. The molecule has 1 aromatic rings. The summed E-state index contributed by atoms with van der Waals surface area (Å²) in [5.74, 6) is -0.0562. The molecule has 0 N–H and O–H groups in total. The average Bonchev–Trinajstić information content (AvgIpc) is 2.92. The van der Waals surface area contributed by atoms with Crippen molar-refractivity contribution in [3.63, 3.8) is 0 Å². The van der Waals surface area contributed by atoms with Crippen molar-refractivity contribution in [1.82, 2.24) is 14.8 Å². The van der Waals surface area contributed by atoms with E-state index in [1.165, 1.54) is 6.92 Å². The highest BCUT2D eigenvalue weighted by atomic mass is 32.2. The van der Waals surface area contributed by atoms with Gasteiger partial charge in [-0.1, -0.05) is 6.07 Å². The molecule has 1 unspecified atom stereocenters. The van der Waals surface area contributed by atoms with Crippen molar-refractivity contribution in [1.29, 1.82) is 0 Å². The van der Waals surface area contributed by atoms with Crippen LogP contribution in [0.2, 0.25) is 0 Å². The van der Waals surface area contributed by atoms with E-state index in [2.05, 4.69) is 4.98 Å². The van der Waals surface area contributed by atoms with Gasteiger partial charge < -0.3 is 9.80 Å². The Kier molecular flexibility index (Phi) is 6.52. The van der Waals surface area contributed by atoms with Crippen molar-refractivity contribution < 1.29 is 18.0 Å². The first kappa shape index (κ1) is 19.4. The van der Waals surface area contributed by atoms with Crippen molar-refractivity contribution >= 4 is 21.7 Å². The quantitative estimate of drug-likeness (QED) is 0.713. The monoisotopic (exact) mass is 367 g/mol. The summed E-state index contributed by atoms with van der Waals surface area (Å²) in [7, 11) is -3.04. The third-order valence-electron chi connectivity index (χ3n) is 4.43. The molecule has 0 radical (unpaired) electrons. The van der Waals surface area contributed by atoms with Crippen LogP contribution in [-0.2, 0) is 26.0 Å². The molecule has 1 aromatic heterocycles. The second-order valence-electron chi connectivity index (χ2n) is 6.25. The Morgan fingerprint density at radius 2 is 2.08 bits per heavy atom. The van der Waals surface area contributed by atoms with Crippen LogP contribution in [0.15, 0.2) is 24.4 Å². The zero-order chi connectivity index (χ0) is 18.4. The molecular formula is C17H25N3O4S. The average molecular weight is 367 g/mol. The van der Waals surface area contributed by atoms with Crippen LogP contribution in [0, 0.1) is 0 Å². The van der Waals surface area contributed by atoms with Crippen molar-refractivity contribution in [2.24, 2.45) is 0 Å². The first-order valence-corrected chi connectivity index (χ1v) is 10.3. The van der Waals surface area contributed by atoms with Gasteiger partial charge in [0.1, 0.15) is 0 Å². The number of sulfone groups is 1. The van der Waals surface area contributed by atoms with Crippen molar-refractivity contribution in [2.45, 2.75) is 39.3 Å². The first-order chi connectivity index (χ1) is 11.8. The Labute approximate surface area is 148 Å². The molecular weight excluding hydrogens is 342 g/mol. The number of rotatable bonds is 7. The van der Waals surface area contributed by atoms with Gasteiger partial charge in [0.2, 0.25) is 11.8 Å². The lowest BCUT2D eigenvalue weighted by Crippen LogP contribution is -2.42. The predicted octanol–water partition coefficient (Wildman–Crippen LogP) is 0.856. The van der Waals surface area contributed by atoms with Crippen LogP contribution in [0.4, 0.5) is 0 Å². The molecule has 0 aliphatic carbocycles. The molecule has 7 nitrogen and oxygen atoms in total. The van der Waals surface area contributed by atoms with E-state index in [0.29, 0.717) is 26.1 Å². The van der Waals surface area contributed by atoms with Crippen LogP contribution in [0.5, 0.6) is 0 Å². The molecule has 1 atom stereocenters. The summed E-state index contributed by atoms with van der Waals surface area (Å²) in [6, 6.07) is 5.24. The Morgan fingerprint density at radius 3 is 2.60 bits per heavy atom. The lowest BCUT2D eigenvalue weighted by atomic mass is 10.2.